The van der Waals surface area contributed by atoms with Gasteiger partial charge in [0.25, 0.3) is 0 Å². The van der Waals surface area contributed by atoms with Gasteiger partial charge in [0, 0.05) is 13.7 Å². The van der Waals surface area contributed by atoms with Crippen LogP contribution in [0.25, 0.3) is 0 Å². The predicted molar refractivity (Wildman–Crippen MR) is 36.5 cm³/mol. The molecular formula is C6H13NO3. The van der Waals surface area contributed by atoms with Crippen LogP contribution in [0.15, 0.2) is 0 Å². The lowest BCUT2D eigenvalue weighted by Crippen LogP contribution is -2.32. The summed E-state index contributed by atoms with van der Waals surface area (Å²) in [6.07, 6.45) is 0.503. The average molecular weight is 147 g/mol. The van der Waals surface area contributed by atoms with Gasteiger partial charge in [-0.05, 0) is 6.42 Å². The van der Waals surface area contributed by atoms with Gasteiger partial charge in [-0.3, -0.25) is 4.79 Å². The minimum atomic E-state index is -0.551. The summed E-state index contributed by atoms with van der Waals surface area (Å²) in [5.74, 6) is -0.392. The van der Waals surface area contributed by atoms with Gasteiger partial charge in [-0.15, -0.1) is 0 Å². The van der Waals surface area contributed by atoms with Gasteiger partial charge < -0.3 is 15.2 Å². The van der Waals surface area contributed by atoms with Crippen molar-refractivity contribution in [2.45, 2.75) is 12.5 Å². The Balaban J connectivity index is 3.41. The van der Waals surface area contributed by atoms with Crippen LogP contribution in [0.5, 0.6) is 0 Å². The van der Waals surface area contributed by atoms with Gasteiger partial charge in [0.15, 0.2) is 0 Å². The van der Waals surface area contributed by atoms with Crippen molar-refractivity contribution in [1.82, 2.24) is 0 Å². The summed E-state index contributed by atoms with van der Waals surface area (Å²) in [6.45, 7) is 0.482. The van der Waals surface area contributed by atoms with E-state index in [0.29, 0.717) is 13.0 Å². The Morgan fingerprint density at radius 1 is 1.60 bits per heavy atom. The van der Waals surface area contributed by atoms with Gasteiger partial charge in [-0.1, -0.05) is 0 Å². The molecule has 2 N–H and O–H groups in total. The van der Waals surface area contributed by atoms with Gasteiger partial charge in [0.2, 0.25) is 0 Å². The van der Waals surface area contributed by atoms with E-state index in [1.807, 2.05) is 0 Å². The van der Waals surface area contributed by atoms with Gasteiger partial charge in [0.1, 0.15) is 6.04 Å². The number of nitrogens with two attached hydrogens (primary N) is 1. The van der Waals surface area contributed by atoms with E-state index in [4.69, 9.17) is 10.5 Å². The summed E-state index contributed by atoms with van der Waals surface area (Å²) in [4.78, 5) is 10.6. The van der Waals surface area contributed by atoms with Gasteiger partial charge in [0.05, 0.1) is 7.11 Å². The van der Waals surface area contributed by atoms with Crippen molar-refractivity contribution in [1.29, 1.82) is 0 Å². The van der Waals surface area contributed by atoms with Crippen molar-refractivity contribution < 1.29 is 14.3 Å². The summed E-state index contributed by atoms with van der Waals surface area (Å²) in [6, 6.07) is -0.551. The molecule has 0 fully saturated rings. The Hall–Kier alpha value is -0.610. The molecule has 0 saturated carbocycles. The van der Waals surface area contributed by atoms with E-state index in [-0.39, 0.29) is 0 Å². The molecule has 1 atom stereocenters. The van der Waals surface area contributed by atoms with E-state index < -0.39 is 12.0 Å². The molecule has 0 unspecified atom stereocenters. The second-order valence-corrected chi connectivity index (χ2v) is 1.91. The number of ether oxygens (including phenoxy) is 2. The normalized spacial score (nSPS) is 12.7. The molecule has 0 amide bonds. The van der Waals surface area contributed by atoms with Crippen LogP contribution in [-0.4, -0.2) is 32.8 Å². The van der Waals surface area contributed by atoms with Crippen molar-refractivity contribution in [2.75, 3.05) is 20.8 Å². The number of methoxy groups -OCH3 is 2. The van der Waals surface area contributed by atoms with Crippen LogP contribution in [0.2, 0.25) is 0 Å². The molecule has 0 aromatic carbocycles. The van der Waals surface area contributed by atoms with Gasteiger partial charge >= 0.3 is 5.97 Å². The average Bonchev–Trinajstić information content (AvgIpc) is 1.98. The maximum Gasteiger partial charge on any atom is 0.322 e. The molecule has 4 heteroatoms. The second-order valence-electron chi connectivity index (χ2n) is 1.91. The topological polar surface area (TPSA) is 61.5 Å². The summed E-state index contributed by atoms with van der Waals surface area (Å²) in [7, 11) is 2.87. The van der Waals surface area contributed by atoms with Crippen LogP contribution in [0.3, 0.4) is 0 Å². The molecule has 0 aromatic heterocycles. The lowest BCUT2D eigenvalue weighted by Gasteiger charge is -2.06. The molecule has 0 aliphatic rings. The van der Waals surface area contributed by atoms with Crippen LogP contribution >= 0.6 is 0 Å². The molecule has 0 radical (unpaired) electrons. The molecule has 0 spiro atoms. The summed E-state index contributed by atoms with van der Waals surface area (Å²) in [5.41, 5.74) is 5.36. The third kappa shape index (κ3) is 3.42. The largest absolute Gasteiger partial charge is 0.468 e. The number of hydrogen-bond acceptors (Lipinski definition) is 4. The molecule has 0 saturated heterocycles. The van der Waals surface area contributed by atoms with Crippen LogP contribution in [0, 0.1) is 0 Å². The second kappa shape index (κ2) is 5.20. The smallest absolute Gasteiger partial charge is 0.322 e. The van der Waals surface area contributed by atoms with Crippen LogP contribution in [-0.2, 0) is 14.3 Å². The van der Waals surface area contributed by atoms with Crippen molar-refractivity contribution in [3.05, 3.63) is 0 Å². The summed E-state index contributed by atoms with van der Waals surface area (Å²) < 4.78 is 9.11. The molecule has 10 heavy (non-hydrogen) atoms. The highest BCUT2D eigenvalue weighted by Gasteiger charge is 2.11. The highest BCUT2D eigenvalue weighted by atomic mass is 16.5. The van der Waals surface area contributed by atoms with E-state index in [1.54, 1.807) is 7.11 Å². The van der Waals surface area contributed by atoms with E-state index in [0.717, 1.165) is 0 Å². The lowest BCUT2D eigenvalue weighted by molar-refractivity contribution is -0.142. The van der Waals surface area contributed by atoms with E-state index in [2.05, 4.69) is 4.74 Å². The van der Waals surface area contributed by atoms with Crippen molar-refractivity contribution in [3.8, 4) is 0 Å². The van der Waals surface area contributed by atoms with Crippen molar-refractivity contribution in [3.63, 3.8) is 0 Å². The van der Waals surface area contributed by atoms with Crippen molar-refractivity contribution in [2.24, 2.45) is 5.73 Å². The van der Waals surface area contributed by atoms with E-state index in [9.17, 15) is 4.79 Å². The Bertz CT molecular complexity index is 105. The number of esters is 1. The zero-order chi connectivity index (χ0) is 7.98. The first-order valence-electron chi connectivity index (χ1n) is 3.04. The molecule has 0 heterocycles. The summed E-state index contributed by atoms with van der Waals surface area (Å²) >= 11 is 0. The van der Waals surface area contributed by atoms with Crippen molar-refractivity contribution >= 4 is 5.97 Å². The Labute approximate surface area is 60.3 Å². The lowest BCUT2D eigenvalue weighted by atomic mass is 10.2. The van der Waals surface area contributed by atoms with Gasteiger partial charge in [-0.25, -0.2) is 0 Å². The quantitative estimate of drug-likeness (QED) is 0.546. The minimum absolute atomic E-state index is 0.392. The first-order valence-corrected chi connectivity index (χ1v) is 3.04. The molecule has 0 rings (SSSR count). The number of carbonyl (C=O) groups excluding carboxylic acids is 1. The van der Waals surface area contributed by atoms with E-state index in [1.165, 1.54) is 7.11 Å². The predicted octanol–water partition coefficient (Wildman–Crippen LogP) is -0.477. The maximum atomic E-state index is 10.6. The Morgan fingerprint density at radius 2 is 2.20 bits per heavy atom. The fourth-order valence-corrected chi connectivity index (χ4v) is 0.514. The summed E-state index contributed by atoms with van der Waals surface area (Å²) in [5, 5.41) is 0. The molecular weight excluding hydrogens is 134 g/mol. The third-order valence-electron chi connectivity index (χ3n) is 1.14. The minimum Gasteiger partial charge on any atom is -0.468 e. The third-order valence-corrected chi connectivity index (χ3v) is 1.14. The Morgan fingerprint density at radius 3 is 2.60 bits per heavy atom. The number of carbonyl (C=O) groups is 1. The molecule has 0 aliphatic carbocycles. The van der Waals surface area contributed by atoms with Crippen LogP contribution in [0.1, 0.15) is 6.42 Å². The molecule has 4 nitrogen and oxygen atoms in total. The Kier molecular flexibility index (Phi) is 4.88. The fourth-order valence-electron chi connectivity index (χ4n) is 0.514. The standard InChI is InChI=1S/C6H13NO3/c1-9-4-3-5(7)6(8)10-2/h5H,3-4,7H2,1-2H3/t5-/m1/s1. The zero-order valence-electron chi connectivity index (χ0n) is 6.29. The van der Waals surface area contributed by atoms with Gasteiger partial charge in [-0.2, -0.15) is 0 Å². The first-order chi connectivity index (χ1) is 4.72. The molecule has 0 bridgehead atoms. The SMILES string of the molecule is COCC[C@@H](N)C(=O)OC. The molecule has 60 valence electrons. The molecule has 0 aromatic rings. The van der Waals surface area contributed by atoms with Crippen LogP contribution < -0.4 is 5.73 Å². The van der Waals surface area contributed by atoms with E-state index >= 15 is 0 Å². The highest BCUT2D eigenvalue weighted by molar-refractivity contribution is 5.75. The first kappa shape index (κ1) is 9.39. The number of hydrogen-bond donors (Lipinski definition) is 1. The monoisotopic (exact) mass is 147 g/mol. The molecule has 0 aliphatic heterocycles. The zero-order valence-corrected chi connectivity index (χ0v) is 6.29. The highest BCUT2D eigenvalue weighted by Crippen LogP contribution is 1.90. The van der Waals surface area contributed by atoms with Crippen LogP contribution in [0.4, 0.5) is 0 Å². The number of rotatable bonds is 4. The maximum absolute atomic E-state index is 10.6. The fraction of sp³-hybridized carbons (Fsp3) is 0.833.